The summed E-state index contributed by atoms with van der Waals surface area (Å²) in [6, 6.07) is 76.2. The van der Waals surface area contributed by atoms with E-state index in [9.17, 15) is 9.59 Å². The zero-order valence-electron chi connectivity index (χ0n) is 33.0. The molecule has 0 aliphatic rings. The van der Waals surface area contributed by atoms with E-state index in [-0.39, 0.29) is 10.9 Å². The van der Waals surface area contributed by atoms with Gasteiger partial charge in [0.1, 0.15) is 0 Å². The number of para-hydroxylation sites is 5. The van der Waals surface area contributed by atoms with Crippen molar-refractivity contribution < 1.29 is 0 Å². The van der Waals surface area contributed by atoms with Crippen LogP contribution in [0.3, 0.4) is 0 Å². The predicted octanol–water partition coefficient (Wildman–Crippen LogP) is 13.4. The largest absolute Gasteiger partial charge is 0.311 e. The van der Waals surface area contributed by atoms with E-state index in [4.69, 9.17) is 0 Å². The summed E-state index contributed by atoms with van der Waals surface area (Å²) < 4.78 is 4.38. The summed E-state index contributed by atoms with van der Waals surface area (Å²) in [4.78, 5) is 29.2. The predicted molar refractivity (Wildman–Crippen MR) is 253 cm³/mol. The lowest BCUT2D eigenvalue weighted by atomic mass is 10.0. The van der Waals surface area contributed by atoms with Crippen LogP contribution in [0.2, 0.25) is 0 Å². The minimum absolute atomic E-state index is 0.0477. The van der Waals surface area contributed by atoms with Crippen molar-refractivity contribution in [1.82, 2.24) is 9.13 Å². The van der Waals surface area contributed by atoms with Crippen LogP contribution in [0.1, 0.15) is 0 Å². The molecule has 0 aliphatic heterocycles. The van der Waals surface area contributed by atoms with Crippen LogP contribution in [0.4, 0.5) is 17.1 Å². The Balaban J connectivity index is 0.944. The lowest BCUT2D eigenvalue weighted by molar-refractivity contribution is 1.16. The highest BCUT2D eigenvalue weighted by molar-refractivity contribution is 5.97. The monoisotopic (exact) mass is 783 g/mol. The minimum atomic E-state index is 0.0477. The lowest BCUT2D eigenvalue weighted by Gasteiger charge is -2.26. The van der Waals surface area contributed by atoms with Crippen molar-refractivity contribution in [3.63, 3.8) is 0 Å². The van der Waals surface area contributed by atoms with Gasteiger partial charge < -0.3 is 14.0 Å². The Hall–Kier alpha value is -8.28. The molecule has 2 aromatic heterocycles. The first-order valence-electron chi connectivity index (χ1n) is 20.4. The Morgan fingerprint density at radius 1 is 0.279 bits per heavy atom. The standard InChI is InChI=1S/C56H37N3O2/c60-55-47-20-4-8-24-51(47)58(52-25-9-5-21-48(52)55)45-18-12-14-40(36-45)38-28-32-43(33-29-38)57(42-16-2-1-3-17-42)44-34-30-39(31-35-44)41-15-13-19-46(37-41)59-53-26-10-6-22-49(53)56(61)50-23-7-11-27-54(50)59/h1-37H. The van der Waals surface area contributed by atoms with Crippen molar-refractivity contribution in [2.75, 3.05) is 4.90 Å². The van der Waals surface area contributed by atoms with Gasteiger partial charge in [-0.25, -0.2) is 0 Å². The van der Waals surface area contributed by atoms with Gasteiger partial charge in [0.25, 0.3) is 0 Å². The summed E-state index contributed by atoms with van der Waals surface area (Å²) in [5, 5.41) is 2.80. The van der Waals surface area contributed by atoms with E-state index in [0.29, 0.717) is 21.5 Å². The van der Waals surface area contributed by atoms with Crippen LogP contribution in [-0.2, 0) is 0 Å². The Kier molecular flexibility index (Phi) is 8.72. The van der Waals surface area contributed by atoms with Gasteiger partial charge in [0.05, 0.1) is 22.1 Å². The van der Waals surface area contributed by atoms with Crippen LogP contribution < -0.4 is 15.8 Å². The Morgan fingerprint density at radius 2 is 0.607 bits per heavy atom. The zero-order valence-corrected chi connectivity index (χ0v) is 33.0. The molecule has 11 rings (SSSR count). The molecule has 2 heterocycles. The fourth-order valence-electron chi connectivity index (χ4n) is 8.83. The molecule has 0 spiro atoms. The summed E-state index contributed by atoms with van der Waals surface area (Å²) in [7, 11) is 0. The van der Waals surface area contributed by atoms with Crippen molar-refractivity contribution in [2.24, 2.45) is 0 Å². The second-order valence-corrected chi connectivity index (χ2v) is 15.3. The van der Waals surface area contributed by atoms with Gasteiger partial charge in [0.15, 0.2) is 10.9 Å². The Bertz CT molecular complexity index is 3230. The number of hydrogen-bond acceptors (Lipinski definition) is 3. The molecule has 0 bridgehead atoms. The lowest BCUT2D eigenvalue weighted by Crippen LogP contribution is -2.10. The van der Waals surface area contributed by atoms with Gasteiger partial charge in [-0.15, -0.1) is 0 Å². The smallest absolute Gasteiger partial charge is 0.197 e. The van der Waals surface area contributed by atoms with Gasteiger partial charge in [-0.05, 0) is 131 Å². The fourth-order valence-corrected chi connectivity index (χ4v) is 8.83. The van der Waals surface area contributed by atoms with Crippen molar-refractivity contribution in [2.45, 2.75) is 0 Å². The van der Waals surface area contributed by atoms with Crippen LogP contribution in [0.15, 0.2) is 234 Å². The summed E-state index contributed by atoms with van der Waals surface area (Å²) in [6.07, 6.45) is 0. The summed E-state index contributed by atoms with van der Waals surface area (Å²) in [6.45, 7) is 0. The fraction of sp³-hybridized carbons (Fsp3) is 0. The Morgan fingerprint density at radius 3 is 0.984 bits per heavy atom. The van der Waals surface area contributed by atoms with E-state index in [1.54, 1.807) is 0 Å². The Labute approximate surface area is 351 Å². The number of pyridine rings is 2. The maximum Gasteiger partial charge on any atom is 0.197 e. The first-order chi connectivity index (χ1) is 30.1. The van der Waals surface area contributed by atoms with Gasteiger partial charge in [-0.2, -0.15) is 0 Å². The molecule has 288 valence electrons. The molecule has 11 aromatic rings. The van der Waals surface area contributed by atoms with Gasteiger partial charge in [0.2, 0.25) is 0 Å². The number of fused-ring (bicyclic) bond motifs is 4. The zero-order chi connectivity index (χ0) is 40.9. The van der Waals surface area contributed by atoms with Crippen LogP contribution in [-0.4, -0.2) is 9.13 Å². The maximum absolute atomic E-state index is 13.4. The van der Waals surface area contributed by atoms with Crippen LogP contribution in [0, 0.1) is 0 Å². The first-order valence-corrected chi connectivity index (χ1v) is 20.4. The third-order valence-corrected chi connectivity index (χ3v) is 11.7. The molecular formula is C56H37N3O2. The highest BCUT2D eigenvalue weighted by Gasteiger charge is 2.16. The van der Waals surface area contributed by atoms with Crippen molar-refractivity contribution in [1.29, 1.82) is 0 Å². The van der Waals surface area contributed by atoms with E-state index < -0.39 is 0 Å². The minimum Gasteiger partial charge on any atom is -0.311 e. The molecule has 0 unspecified atom stereocenters. The quantitative estimate of drug-likeness (QED) is 0.151. The van der Waals surface area contributed by atoms with Gasteiger partial charge in [0, 0.05) is 50.0 Å². The highest BCUT2D eigenvalue weighted by atomic mass is 16.1. The second-order valence-electron chi connectivity index (χ2n) is 15.3. The third kappa shape index (κ3) is 6.19. The number of hydrogen-bond donors (Lipinski definition) is 0. The van der Waals surface area contributed by atoms with Crippen molar-refractivity contribution >= 4 is 60.7 Å². The van der Waals surface area contributed by atoms with E-state index in [1.165, 1.54) is 0 Å². The highest BCUT2D eigenvalue weighted by Crippen LogP contribution is 2.37. The molecule has 0 atom stereocenters. The molecule has 0 radical (unpaired) electrons. The number of anilines is 3. The molecule has 0 saturated heterocycles. The average Bonchev–Trinajstić information content (AvgIpc) is 3.33. The number of rotatable bonds is 7. The van der Waals surface area contributed by atoms with Crippen molar-refractivity contribution in [3.05, 3.63) is 245 Å². The summed E-state index contributed by atoms with van der Waals surface area (Å²) in [5.74, 6) is 0. The van der Waals surface area contributed by atoms with Crippen molar-refractivity contribution in [3.8, 4) is 33.6 Å². The van der Waals surface area contributed by atoms with E-state index >= 15 is 0 Å². The normalized spacial score (nSPS) is 11.4. The van der Waals surface area contributed by atoms with E-state index in [0.717, 1.165) is 72.8 Å². The van der Waals surface area contributed by atoms with Crippen LogP contribution in [0.25, 0.3) is 77.2 Å². The van der Waals surface area contributed by atoms with E-state index in [2.05, 4.69) is 135 Å². The number of benzene rings is 9. The molecule has 5 nitrogen and oxygen atoms in total. The molecule has 61 heavy (non-hydrogen) atoms. The third-order valence-electron chi connectivity index (χ3n) is 11.7. The second kappa shape index (κ2) is 14.8. The number of aromatic nitrogens is 2. The molecular weight excluding hydrogens is 747 g/mol. The summed E-state index contributed by atoms with van der Waals surface area (Å²) >= 11 is 0. The summed E-state index contributed by atoms with van der Waals surface area (Å²) in [5.41, 5.74) is 13.1. The van der Waals surface area contributed by atoms with Gasteiger partial charge in [-0.3, -0.25) is 9.59 Å². The molecule has 0 saturated carbocycles. The van der Waals surface area contributed by atoms with Gasteiger partial charge in [-0.1, -0.05) is 115 Å². The average molecular weight is 784 g/mol. The van der Waals surface area contributed by atoms with Crippen LogP contribution in [0.5, 0.6) is 0 Å². The van der Waals surface area contributed by atoms with E-state index in [1.807, 2.05) is 103 Å². The SMILES string of the molecule is O=c1c2ccccc2n(-c2cccc(-c3ccc(N(c4ccccc4)c4ccc(-c5cccc(-n6c7ccccc7c(=O)c7ccccc76)c5)cc4)cc3)c2)c2ccccc12. The topological polar surface area (TPSA) is 47.2 Å². The molecule has 5 heteroatoms. The molecule has 0 aliphatic carbocycles. The molecule has 0 amide bonds. The molecule has 9 aromatic carbocycles. The van der Waals surface area contributed by atoms with Crippen LogP contribution >= 0.6 is 0 Å². The first kappa shape index (κ1) is 35.8. The molecule has 0 fully saturated rings. The van der Waals surface area contributed by atoms with Gasteiger partial charge >= 0.3 is 0 Å². The number of nitrogens with zero attached hydrogens (tertiary/aromatic N) is 3. The molecule has 0 N–H and O–H groups in total. The maximum atomic E-state index is 13.4.